The fourth-order valence-electron chi connectivity index (χ4n) is 3.65. The van der Waals surface area contributed by atoms with Crippen molar-refractivity contribution in [2.75, 3.05) is 0 Å². The maximum absolute atomic E-state index is 6.31. The summed E-state index contributed by atoms with van der Waals surface area (Å²) in [5.74, 6) is 0.328. The summed E-state index contributed by atoms with van der Waals surface area (Å²) < 4.78 is 0. The molecule has 3 atom stereocenters. The summed E-state index contributed by atoms with van der Waals surface area (Å²) in [6, 6.07) is 10.9. The van der Waals surface area contributed by atoms with E-state index in [0.29, 0.717) is 20.2 Å². The third-order valence-electron chi connectivity index (χ3n) is 5.20. The van der Waals surface area contributed by atoms with Crippen LogP contribution in [0.4, 0.5) is 0 Å². The summed E-state index contributed by atoms with van der Waals surface area (Å²) >= 11 is 6.31. The molecular formula is C23H31ClNP. The molecule has 2 aromatic rings. The SMILES string of the molecule is C=C(N)C(C)Pc1c(CC)cccc1C(C)c1c(C)cc(Cl)cc1CC. The second kappa shape index (κ2) is 9.07. The molecule has 0 bridgehead atoms. The predicted octanol–water partition coefficient (Wildman–Crippen LogP) is 6.09. The van der Waals surface area contributed by atoms with Gasteiger partial charge in [0.25, 0.3) is 0 Å². The van der Waals surface area contributed by atoms with Gasteiger partial charge in [-0.3, -0.25) is 0 Å². The van der Waals surface area contributed by atoms with Crippen LogP contribution in [0.15, 0.2) is 42.6 Å². The normalized spacial score (nSPS) is 13.9. The molecule has 0 aliphatic rings. The van der Waals surface area contributed by atoms with Crippen LogP contribution in [0.3, 0.4) is 0 Å². The molecule has 0 saturated carbocycles. The molecular weight excluding hydrogens is 357 g/mol. The summed E-state index contributed by atoms with van der Waals surface area (Å²) in [7, 11) is 0.642. The van der Waals surface area contributed by atoms with Gasteiger partial charge in [0.05, 0.1) is 0 Å². The van der Waals surface area contributed by atoms with E-state index in [9.17, 15) is 0 Å². The number of rotatable bonds is 7. The highest BCUT2D eigenvalue weighted by atomic mass is 35.5. The average Bonchev–Trinajstić information content (AvgIpc) is 2.60. The van der Waals surface area contributed by atoms with E-state index in [4.69, 9.17) is 17.3 Å². The van der Waals surface area contributed by atoms with Gasteiger partial charge in [-0.15, -0.1) is 0 Å². The molecule has 0 radical (unpaired) electrons. The van der Waals surface area contributed by atoms with Crippen LogP contribution in [0.1, 0.15) is 61.4 Å². The second-order valence-corrected chi connectivity index (χ2v) is 9.14. The quantitative estimate of drug-likeness (QED) is 0.571. The van der Waals surface area contributed by atoms with Gasteiger partial charge in [0.2, 0.25) is 0 Å². The van der Waals surface area contributed by atoms with Gasteiger partial charge in [-0.05, 0) is 65.0 Å². The lowest BCUT2D eigenvalue weighted by Gasteiger charge is -2.25. The van der Waals surface area contributed by atoms with Crippen LogP contribution in [0.25, 0.3) is 0 Å². The van der Waals surface area contributed by atoms with Gasteiger partial charge in [-0.1, -0.05) is 72.7 Å². The first kappa shape index (κ1) is 21.0. The molecule has 0 fully saturated rings. The fourth-order valence-corrected chi connectivity index (χ4v) is 5.48. The van der Waals surface area contributed by atoms with E-state index in [1.807, 2.05) is 0 Å². The van der Waals surface area contributed by atoms with E-state index >= 15 is 0 Å². The summed E-state index contributed by atoms with van der Waals surface area (Å²) in [4.78, 5) is 0. The molecule has 2 rings (SSSR count). The highest BCUT2D eigenvalue weighted by Gasteiger charge is 2.21. The molecule has 140 valence electrons. The number of hydrogen-bond acceptors (Lipinski definition) is 1. The minimum absolute atomic E-state index is 0.297. The van der Waals surface area contributed by atoms with E-state index in [1.54, 1.807) is 0 Å². The Morgan fingerprint density at radius 3 is 2.38 bits per heavy atom. The monoisotopic (exact) mass is 387 g/mol. The Bertz CT molecular complexity index is 797. The number of aryl methyl sites for hydroxylation is 3. The zero-order valence-electron chi connectivity index (χ0n) is 16.6. The molecule has 2 N–H and O–H groups in total. The molecule has 0 spiro atoms. The van der Waals surface area contributed by atoms with Crippen molar-refractivity contribution in [3.8, 4) is 0 Å². The molecule has 0 aliphatic heterocycles. The molecule has 0 aliphatic carbocycles. The van der Waals surface area contributed by atoms with E-state index in [1.165, 1.54) is 33.1 Å². The molecule has 0 saturated heterocycles. The minimum Gasteiger partial charge on any atom is -0.402 e. The van der Waals surface area contributed by atoms with Crippen LogP contribution < -0.4 is 11.0 Å². The van der Waals surface area contributed by atoms with Gasteiger partial charge >= 0.3 is 0 Å². The number of benzene rings is 2. The first-order valence-corrected chi connectivity index (χ1v) is 10.9. The Hall–Kier alpha value is -1.30. The van der Waals surface area contributed by atoms with Crippen molar-refractivity contribution in [3.05, 3.63) is 75.4 Å². The molecule has 0 amide bonds. The maximum Gasteiger partial charge on any atom is 0.0411 e. The number of halogens is 1. The third-order valence-corrected chi connectivity index (χ3v) is 7.12. The van der Waals surface area contributed by atoms with E-state index < -0.39 is 0 Å². The highest BCUT2D eigenvalue weighted by Crippen LogP contribution is 2.35. The Morgan fingerprint density at radius 1 is 1.15 bits per heavy atom. The summed E-state index contributed by atoms with van der Waals surface area (Å²) in [6.07, 6.45) is 2.02. The zero-order chi connectivity index (χ0) is 19.4. The summed E-state index contributed by atoms with van der Waals surface area (Å²) in [5.41, 5.74) is 13.9. The zero-order valence-corrected chi connectivity index (χ0v) is 18.4. The molecule has 3 unspecified atom stereocenters. The topological polar surface area (TPSA) is 26.0 Å². The molecule has 26 heavy (non-hydrogen) atoms. The van der Waals surface area contributed by atoms with Gasteiger partial charge in [-0.25, -0.2) is 0 Å². The minimum atomic E-state index is 0.297. The Balaban J connectivity index is 2.60. The van der Waals surface area contributed by atoms with E-state index in [2.05, 4.69) is 71.5 Å². The van der Waals surface area contributed by atoms with Crippen molar-refractivity contribution in [1.82, 2.24) is 0 Å². The van der Waals surface area contributed by atoms with Gasteiger partial charge in [0.15, 0.2) is 0 Å². The smallest absolute Gasteiger partial charge is 0.0411 e. The molecule has 2 aromatic carbocycles. The lowest BCUT2D eigenvalue weighted by atomic mass is 9.85. The molecule has 0 heterocycles. The molecule has 0 aromatic heterocycles. The predicted molar refractivity (Wildman–Crippen MR) is 120 cm³/mol. The lowest BCUT2D eigenvalue weighted by molar-refractivity contribution is 0.884. The van der Waals surface area contributed by atoms with E-state index in [0.717, 1.165) is 23.6 Å². The standard InChI is InChI=1S/C23H31ClNP/c1-7-18-10-9-11-21(23(18)26-17(6)16(5)25)15(4)22-14(3)12-20(24)13-19(22)8-2/h9-13,15,17,26H,5,7-8,25H2,1-4,6H3. The number of allylic oxidation sites excluding steroid dienone is 1. The maximum atomic E-state index is 6.31. The lowest BCUT2D eigenvalue weighted by Crippen LogP contribution is -2.19. The Morgan fingerprint density at radius 2 is 1.81 bits per heavy atom. The van der Waals surface area contributed by atoms with Gasteiger partial charge in [0, 0.05) is 22.3 Å². The van der Waals surface area contributed by atoms with E-state index in [-0.39, 0.29) is 0 Å². The molecule has 1 nitrogen and oxygen atoms in total. The van der Waals surface area contributed by atoms with Crippen molar-refractivity contribution in [2.24, 2.45) is 5.73 Å². The van der Waals surface area contributed by atoms with Crippen LogP contribution in [0.2, 0.25) is 5.02 Å². The van der Waals surface area contributed by atoms with Gasteiger partial charge in [0.1, 0.15) is 0 Å². The van der Waals surface area contributed by atoms with Crippen LogP contribution in [0, 0.1) is 6.92 Å². The number of hydrogen-bond donors (Lipinski definition) is 1. The largest absolute Gasteiger partial charge is 0.402 e. The van der Waals surface area contributed by atoms with Gasteiger partial charge in [-0.2, -0.15) is 0 Å². The Kier molecular flexibility index (Phi) is 7.33. The van der Waals surface area contributed by atoms with Crippen molar-refractivity contribution < 1.29 is 0 Å². The number of nitrogens with two attached hydrogens (primary N) is 1. The van der Waals surface area contributed by atoms with Crippen LogP contribution in [-0.4, -0.2) is 5.66 Å². The second-order valence-electron chi connectivity index (χ2n) is 7.05. The fraction of sp³-hybridized carbons (Fsp3) is 0.391. The summed E-state index contributed by atoms with van der Waals surface area (Å²) in [5, 5.41) is 2.28. The third kappa shape index (κ3) is 4.51. The first-order chi connectivity index (χ1) is 12.3. The Labute approximate surface area is 165 Å². The van der Waals surface area contributed by atoms with Crippen molar-refractivity contribution in [1.29, 1.82) is 0 Å². The van der Waals surface area contributed by atoms with Crippen LogP contribution in [0.5, 0.6) is 0 Å². The van der Waals surface area contributed by atoms with Crippen molar-refractivity contribution in [3.63, 3.8) is 0 Å². The van der Waals surface area contributed by atoms with Crippen LogP contribution >= 0.6 is 20.2 Å². The average molecular weight is 388 g/mol. The summed E-state index contributed by atoms with van der Waals surface area (Å²) in [6.45, 7) is 15.1. The van der Waals surface area contributed by atoms with Crippen molar-refractivity contribution >= 4 is 25.5 Å². The van der Waals surface area contributed by atoms with Crippen LogP contribution in [-0.2, 0) is 12.8 Å². The first-order valence-electron chi connectivity index (χ1n) is 9.41. The van der Waals surface area contributed by atoms with Crippen molar-refractivity contribution in [2.45, 2.75) is 59.0 Å². The molecule has 3 heteroatoms. The highest BCUT2D eigenvalue weighted by molar-refractivity contribution is 7.48. The van der Waals surface area contributed by atoms with Gasteiger partial charge < -0.3 is 5.73 Å².